The number of thiophene rings is 1. The average molecular weight is 168 g/mol. The minimum Gasteiger partial charge on any atom is -0.303 e. The van der Waals surface area contributed by atoms with Crippen LogP contribution >= 0.6 is 11.3 Å². The van der Waals surface area contributed by atoms with Crippen molar-refractivity contribution in [1.29, 1.82) is 0 Å². The third-order valence-electron chi connectivity index (χ3n) is 1.38. The zero-order valence-corrected chi connectivity index (χ0v) is 6.93. The molecular formula is C8H8O2S. The first-order valence-electron chi connectivity index (χ1n) is 3.28. The van der Waals surface area contributed by atoms with Crippen LogP contribution in [0.5, 0.6) is 0 Å². The van der Waals surface area contributed by atoms with Crippen LogP contribution in [0.1, 0.15) is 16.6 Å². The van der Waals surface area contributed by atoms with E-state index in [9.17, 15) is 9.59 Å². The van der Waals surface area contributed by atoms with E-state index in [1.807, 2.05) is 5.38 Å². The molecular weight excluding hydrogens is 160 g/mol. The van der Waals surface area contributed by atoms with E-state index >= 15 is 0 Å². The normalized spacial score (nSPS) is 12.5. The number of carbonyl (C=O) groups excluding carboxylic acids is 2. The number of rotatable bonds is 3. The highest BCUT2D eigenvalue weighted by Crippen LogP contribution is 2.12. The molecule has 3 heteroatoms. The lowest BCUT2D eigenvalue weighted by atomic mass is 10.1. The highest BCUT2D eigenvalue weighted by atomic mass is 32.1. The van der Waals surface area contributed by atoms with Gasteiger partial charge < -0.3 is 4.79 Å². The van der Waals surface area contributed by atoms with Gasteiger partial charge in [0, 0.05) is 0 Å². The summed E-state index contributed by atoms with van der Waals surface area (Å²) in [7, 11) is 0. The molecule has 0 fully saturated rings. The Kier molecular flexibility index (Phi) is 2.54. The maximum Gasteiger partial charge on any atom is 0.182 e. The van der Waals surface area contributed by atoms with E-state index in [0.29, 0.717) is 11.2 Å². The van der Waals surface area contributed by atoms with Crippen LogP contribution in [0, 0.1) is 5.92 Å². The monoisotopic (exact) mass is 168 g/mol. The van der Waals surface area contributed by atoms with E-state index < -0.39 is 5.92 Å². The van der Waals surface area contributed by atoms with Crippen LogP contribution < -0.4 is 0 Å². The smallest absolute Gasteiger partial charge is 0.182 e. The lowest BCUT2D eigenvalue weighted by Gasteiger charge is -1.97. The topological polar surface area (TPSA) is 34.1 Å². The van der Waals surface area contributed by atoms with Crippen molar-refractivity contribution in [3.63, 3.8) is 0 Å². The molecule has 0 amide bonds. The van der Waals surface area contributed by atoms with Gasteiger partial charge in [-0.3, -0.25) is 4.79 Å². The zero-order valence-electron chi connectivity index (χ0n) is 6.11. The number of aldehydes is 1. The minimum absolute atomic E-state index is 0.0880. The second-order valence-electron chi connectivity index (χ2n) is 2.27. The molecule has 0 aliphatic carbocycles. The molecule has 0 bridgehead atoms. The lowest BCUT2D eigenvalue weighted by Crippen LogP contribution is -2.10. The standard InChI is InChI=1S/C8H8O2S/c1-6(5-9)8(10)7-3-2-4-11-7/h2-6H,1H3. The maximum absolute atomic E-state index is 11.2. The summed E-state index contributed by atoms with van der Waals surface area (Å²) in [5.41, 5.74) is 0. The Bertz CT molecular complexity index is 251. The summed E-state index contributed by atoms with van der Waals surface area (Å²) in [5, 5.41) is 1.82. The van der Waals surface area contributed by atoms with Crippen LogP contribution in [-0.4, -0.2) is 12.1 Å². The Morgan fingerprint density at radius 3 is 2.91 bits per heavy atom. The number of hydrogen-bond donors (Lipinski definition) is 0. The van der Waals surface area contributed by atoms with Gasteiger partial charge >= 0.3 is 0 Å². The molecule has 0 spiro atoms. The van der Waals surface area contributed by atoms with Crippen LogP contribution in [0.4, 0.5) is 0 Å². The Morgan fingerprint density at radius 1 is 1.73 bits per heavy atom. The van der Waals surface area contributed by atoms with Gasteiger partial charge in [0.15, 0.2) is 5.78 Å². The molecule has 0 saturated heterocycles. The first-order valence-corrected chi connectivity index (χ1v) is 4.16. The summed E-state index contributed by atoms with van der Waals surface area (Å²) in [6, 6.07) is 3.53. The van der Waals surface area contributed by atoms with E-state index in [0.717, 1.165) is 0 Å². The van der Waals surface area contributed by atoms with Gasteiger partial charge in [-0.25, -0.2) is 0 Å². The zero-order chi connectivity index (χ0) is 8.27. The fraction of sp³-hybridized carbons (Fsp3) is 0.250. The number of ketones is 1. The summed E-state index contributed by atoms with van der Waals surface area (Å²) in [6.07, 6.45) is 0.669. The first kappa shape index (κ1) is 8.14. The quantitative estimate of drug-likeness (QED) is 0.391. The van der Waals surface area contributed by atoms with Crippen molar-refractivity contribution in [2.45, 2.75) is 6.92 Å². The SMILES string of the molecule is CC(C=O)C(=O)c1cccs1. The summed E-state index contributed by atoms with van der Waals surface area (Å²) in [6.45, 7) is 1.61. The van der Waals surface area contributed by atoms with Crippen molar-refractivity contribution in [2.75, 3.05) is 0 Å². The number of carbonyl (C=O) groups is 2. The van der Waals surface area contributed by atoms with Gasteiger partial charge in [0.05, 0.1) is 10.8 Å². The van der Waals surface area contributed by atoms with Gasteiger partial charge in [-0.1, -0.05) is 6.07 Å². The Morgan fingerprint density at radius 2 is 2.45 bits per heavy atom. The molecule has 1 heterocycles. The molecule has 58 valence electrons. The van der Waals surface area contributed by atoms with Crippen molar-refractivity contribution in [3.8, 4) is 0 Å². The Labute approximate surface area is 68.9 Å². The van der Waals surface area contributed by atoms with Crippen molar-refractivity contribution in [2.24, 2.45) is 5.92 Å². The molecule has 1 unspecified atom stereocenters. The second-order valence-corrected chi connectivity index (χ2v) is 3.21. The highest BCUT2D eigenvalue weighted by Gasteiger charge is 2.14. The number of hydrogen-bond acceptors (Lipinski definition) is 3. The molecule has 0 aromatic carbocycles. The van der Waals surface area contributed by atoms with Crippen LogP contribution in [0.3, 0.4) is 0 Å². The van der Waals surface area contributed by atoms with Crippen LogP contribution in [0.2, 0.25) is 0 Å². The third-order valence-corrected chi connectivity index (χ3v) is 2.27. The summed E-state index contributed by atoms with van der Waals surface area (Å²) < 4.78 is 0. The minimum atomic E-state index is -0.506. The van der Waals surface area contributed by atoms with Gasteiger partial charge in [-0.2, -0.15) is 0 Å². The van der Waals surface area contributed by atoms with Crippen LogP contribution in [0.25, 0.3) is 0 Å². The average Bonchev–Trinajstić information content (AvgIpc) is 2.53. The van der Waals surface area contributed by atoms with Gasteiger partial charge in [0.25, 0.3) is 0 Å². The van der Waals surface area contributed by atoms with E-state index in [1.165, 1.54) is 11.3 Å². The van der Waals surface area contributed by atoms with Crippen molar-refractivity contribution in [1.82, 2.24) is 0 Å². The van der Waals surface area contributed by atoms with Gasteiger partial charge in [0.2, 0.25) is 0 Å². The molecule has 0 radical (unpaired) electrons. The van der Waals surface area contributed by atoms with E-state index in [4.69, 9.17) is 0 Å². The number of Topliss-reactive ketones (excluding diaryl/α,β-unsaturated/α-hetero) is 1. The molecule has 0 saturated carbocycles. The fourth-order valence-electron chi connectivity index (χ4n) is 0.705. The largest absolute Gasteiger partial charge is 0.303 e. The first-order chi connectivity index (χ1) is 5.25. The Hall–Kier alpha value is -0.960. The second kappa shape index (κ2) is 3.44. The summed E-state index contributed by atoms with van der Waals surface area (Å²) >= 11 is 1.37. The van der Waals surface area contributed by atoms with Crippen molar-refractivity contribution >= 4 is 23.4 Å². The molecule has 2 nitrogen and oxygen atoms in total. The molecule has 11 heavy (non-hydrogen) atoms. The fourth-order valence-corrected chi connectivity index (χ4v) is 1.47. The summed E-state index contributed by atoms with van der Waals surface area (Å²) in [5.74, 6) is -0.594. The highest BCUT2D eigenvalue weighted by molar-refractivity contribution is 7.12. The van der Waals surface area contributed by atoms with Crippen LogP contribution in [-0.2, 0) is 4.79 Å². The predicted molar refractivity (Wildman–Crippen MR) is 43.9 cm³/mol. The van der Waals surface area contributed by atoms with Crippen molar-refractivity contribution in [3.05, 3.63) is 22.4 Å². The molecule has 1 aromatic heterocycles. The lowest BCUT2D eigenvalue weighted by molar-refractivity contribution is -0.109. The third kappa shape index (κ3) is 1.74. The van der Waals surface area contributed by atoms with Gasteiger partial charge in [-0.05, 0) is 18.4 Å². The molecule has 1 atom stereocenters. The van der Waals surface area contributed by atoms with E-state index in [2.05, 4.69) is 0 Å². The van der Waals surface area contributed by atoms with Crippen molar-refractivity contribution < 1.29 is 9.59 Å². The molecule has 0 N–H and O–H groups in total. The van der Waals surface area contributed by atoms with E-state index in [-0.39, 0.29) is 5.78 Å². The maximum atomic E-state index is 11.2. The predicted octanol–water partition coefficient (Wildman–Crippen LogP) is 1.77. The van der Waals surface area contributed by atoms with Gasteiger partial charge in [0.1, 0.15) is 6.29 Å². The molecule has 0 aliphatic heterocycles. The summed E-state index contributed by atoms with van der Waals surface area (Å²) in [4.78, 5) is 22.1. The Balaban J connectivity index is 2.78. The van der Waals surface area contributed by atoms with Gasteiger partial charge in [-0.15, -0.1) is 11.3 Å². The van der Waals surface area contributed by atoms with Crippen LogP contribution in [0.15, 0.2) is 17.5 Å². The molecule has 1 rings (SSSR count). The molecule has 1 aromatic rings. The molecule has 0 aliphatic rings. The van der Waals surface area contributed by atoms with E-state index in [1.54, 1.807) is 19.1 Å².